The van der Waals surface area contributed by atoms with Gasteiger partial charge in [0.25, 0.3) is 0 Å². The molecule has 0 amide bonds. The summed E-state index contributed by atoms with van der Waals surface area (Å²) < 4.78 is 0. The predicted octanol–water partition coefficient (Wildman–Crippen LogP) is 2.03. The maximum absolute atomic E-state index is 10.5. The first-order chi connectivity index (χ1) is 5.81. The van der Waals surface area contributed by atoms with Crippen LogP contribution in [0.2, 0.25) is 0 Å². The van der Waals surface area contributed by atoms with Crippen molar-refractivity contribution in [1.82, 2.24) is 0 Å². The van der Waals surface area contributed by atoms with Gasteiger partial charge in [0.15, 0.2) is 0 Å². The van der Waals surface area contributed by atoms with Gasteiger partial charge in [-0.05, 0) is 11.6 Å². The van der Waals surface area contributed by atoms with Gasteiger partial charge < -0.3 is 5.32 Å². The largest absolute Gasteiger partial charge is 0.384 e. The molecule has 0 aromatic heterocycles. The Morgan fingerprint density at radius 1 is 1.58 bits per heavy atom. The van der Waals surface area contributed by atoms with Crippen LogP contribution in [0.3, 0.4) is 0 Å². The second kappa shape index (κ2) is 2.63. The molecule has 1 heterocycles. The Kier molecular flexibility index (Phi) is 1.61. The monoisotopic (exact) mass is 161 g/mol. The van der Waals surface area contributed by atoms with E-state index in [9.17, 15) is 4.79 Å². The Morgan fingerprint density at radius 3 is 3.17 bits per heavy atom. The van der Waals surface area contributed by atoms with Crippen LogP contribution in [-0.4, -0.2) is 12.8 Å². The molecule has 12 heavy (non-hydrogen) atoms. The first kappa shape index (κ1) is 7.35. The molecule has 2 nitrogen and oxygen atoms in total. The van der Waals surface area contributed by atoms with Crippen LogP contribution >= 0.6 is 0 Å². The van der Waals surface area contributed by atoms with E-state index in [0.29, 0.717) is 5.92 Å². The summed E-state index contributed by atoms with van der Waals surface area (Å²) >= 11 is 0. The summed E-state index contributed by atoms with van der Waals surface area (Å²) in [5.74, 6) is 0.570. The quantitative estimate of drug-likeness (QED) is 0.638. The molecule has 62 valence electrons. The third-order valence-corrected chi connectivity index (χ3v) is 2.34. The third kappa shape index (κ3) is 0.998. The number of carbonyl (C=O) groups excluding carboxylic acids is 1. The Morgan fingerprint density at radius 2 is 2.42 bits per heavy atom. The van der Waals surface area contributed by atoms with E-state index in [-0.39, 0.29) is 0 Å². The minimum Gasteiger partial charge on any atom is -0.384 e. The molecule has 0 aliphatic carbocycles. The van der Waals surface area contributed by atoms with Crippen molar-refractivity contribution < 1.29 is 4.79 Å². The highest BCUT2D eigenvalue weighted by Gasteiger charge is 2.17. The maximum Gasteiger partial charge on any atom is 0.150 e. The lowest BCUT2D eigenvalue weighted by Crippen LogP contribution is -1.95. The predicted molar refractivity (Wildman–Crippen MR) is 48.7 cm³/mol. The summed E-state index contributed by atoms with van der Waals surface area (Å²) in [6.45, 7) is 3.16. The molecule has 0 saturated heterocycles. The summed E-state index contributed by atoms with van der Waals surface area (Å²) in [7, 11) is 0. The van der Waals surface area contributed by atoms with Gasteiger partial charge in [-0.1, -0.05) is 19.1 Å². The molecule has 1 N–H and O–H groups in total. The van der Waals surface area contributed by atoms with Crippen molar-refractivity contribution in [2.45, 2.75) is 12.8 Å². The van der Waals surface area contributed by atoms with Crippen molar-refractivity contribution in [1.29, 1.82) is 0 Å². The lowest BCUT2D eigenvalue weighted by atomic mass is 10.0. The summed E-state index contributed by atoms with van der Waals surface area (Å²) in [4.78, 5) is 10.5. The number of anilines is 1. The zero-order valence-electron chi connectivity index (χ0n) is 7.00. The van der Waals surface area contributed by atoms with E-state index >= 15 is 0 Å². The van der Waals surface area contributed by atoms with E-state index in [0.717, 1.165) is 24.1 Å². The molecule has 0 spiro atoms. The molecular formula is C10H11NO. The highest BCUT2D eigenvalue weighted by Crippen LogP contribution is 2.30. The Labute approximate surface area is 71.6 Å². The van der Waals surface area contributed by atoms with Crippen LogP contribution in [0.5, 0.6) is 0 Å². The second-order valence-electron chi connectivity index (χ2n) is 3.25. The number of nitrogens with one attached hydrogen (secondary N) is 1. The molecule has 0 bridgehead atoms. The smallest absolute Gasteiger partial charge is 0.150 e. The molecule has 0 saturated carbocycles. The number of aldehydes is 1. The van der Waals surface area contributed by atoms with Gasteiger partial charge in [-0.2, -0.15) is 0 Å². The summed E-state index contributed by atoms with van der Waals surface area (Å²) in [5.41, 5.74) is 3.18. The number of rotatable bonds is 1. The molecule has 1 aliphatic heterocycles. The zero-order valence-corrected chi connectivity index (χ0v) is 7.00. The average Bonchev–Trinajstić information content (AvgIpc) is 2.47. The van der Waals surface area contributed by atoms with Gasteiger partial charge in [-0.3, -0.25) is 4.79 Å². The molecule has 0 radical (unpaired) electrons. The fourth-order valence-corrected chi connectivity index (χ4v) is 1.60. The molecule has 1 unspecified atom stereocenters. The van der Waals surface area contributed by atoms with Gasteiger partial charge in [0, 0.05) is 23.7 Å². The lowest BCUT2D eigenvalue weighted by molar-refractivity contribution is 0.112. The molecule has 1 aromatic rings. The number of benzene rings is 1. The highest BCUT2D eigenvalue weighted by molar-refractivity contribution is 5.78. The van der Waals surface area contributed by atoms with E-state index in [1.165, 1.54) is 5.56 Å². The van der Waals surface area contributed by atoms with Gasteiger partial charge in [0.05, 0.1) is 0 Å². The molecule has 1 aromatic carbocycles. The topological polar surface area (TPSA) is 29.1 Å². The molecule has 2 heteroatoms. The van der Waals surface area contributed by atoms with E-state index in [1.54, 1.807) is 0 Å². The number of hydrogen-bond acceptors (Lipinski definition) is 2. The van der Waals surface area contributed by atoms with Gasteiger partial charge >= 0.3 is 0 Å². The maximum atomic E-state index is 10.5. The molecule has 0 fully saturated rings. The van der Waals surface area contributed by atoms with Crippen LogP contribution in [0.25, 0.3) is 0 Å². The van der Waals surface area contributed by atoms with Crippen molar-refractivity contribution in [3.8, 4) is 0 Å². The van der Waals surface area contributed by atoms with Gasteiger partial charge in [-0.25, -0.2) is 0 Å². The van der Waals surface area contributed by atoms with Crippen molar-refractivity contribution >= 4 is 12.0 Å². The Balaban J connectivity index is 2.48. The summed E-state index contributed by atoms with van der Waals surface area (Å²) in [6.07, 6.45) is 0.880. The minimum atomic E-state index is 0.570. The normalized spacial score (nSPS) is 19.9. The summed E-state index contributed by atoms with van der Waals surface area (Å²) in [5, 5.41) is 3.27. The molecule has 1 aliphatic rings. The summed E-state index contributed by atoms with van der Waals surface area (Å²) in [6, 6.07) is 5.81. The Bertz CT molecular complexity index is 320. The second-order valence-corrected chi connectivity index (χ2v) is 3.25. The van der Waals surface area contributed by atoms with Crippen LogP contribution in [0.1, 0.15) is 28.8 Å². The van der Waals surface area contributed by atoms with Crippen LogP contribution in [0.4, 0.5) is 5.69 Å². The van der Waals surface area contributed by atoms with Crippen LogP contribution in [-0.2, 0) is 0 Å². The molecule has 2 rings (SSSR count). The van der Waals surface area contributed by atoms with Crippen LogP contribution in [0, 0.1) is 0 Å². The minimum absolute atomic E-state index is 0.570. The van der Waals surface area contributed by atoms with E-state index in [1.807, 2.05) is 18.2 Å². The standard InChI is InChI=1S/C10H11NO/c1-7-5-11-10-4-8(6-12)2-3-9(7)10/h2-4,6-7,11H,5H2,1H3. The van der Waals surface area contributed by atoms with Crippen LogP contribution < -0.4 is 5.32 Å². The lowest BCUT2D eigenvalue weighted by Gasteiger charge is -2.01. The van der Waals surface area contributed by atoms with Gasteiger partial charge in [0.2, 0.25) is 0 Å². The average molecular weight is 161 g/mol. The Hall–Kier alpha value is -1.31. The van der Waals surface area contributed by atoms with Crippen molar-refractivity contribution in [2.75, 3.05) is 11.9 Å². The van der Waals surface area contributed by atoms with E-state index in [4.69, 9.17) is 0 Å². The zero-order chi connectivity index (χ0) is 8.55. The fourth-order valence-electron chi connectivity index (χ4n) is 1.60. The van der Waals surface area contributed by atoms with Gasteiger partial charge in [0.1, 0.15) is 6.29 Å². The van der Waals surface area contributed by atoms with Gasteiger partial charge in [-0.15, -0.1) is 0 Å². The SMILES string of the molecule is CC1CNc2cc(C=O)ccc21. The highest BCUT2D eigenvalue weighted by atomic mass is 16.1. The number of hydrogen-bond donors (Lipinski definition) is 1. The fraction of sp³-hybridized carbons (Fsp3) is 0.300. The molecule has 1 atom stereocenters. The van der Waals surface area contributed by atoms with E-state index < -0.39 is 0 Å². The number of carbonyl (C=O) groups is 1. The first-order valence-electron chi connectivity index (χ1n) is 4.14. The number of fused-ring (bicyclic) bond motifs is 1. The molecular weight excluding hydrogens is 150 g/mol. The van der Waals surface area contributed by atoms with Crippen molar-refractivity contribution in [3.63, 3.8) is 0 Å². The van der Waals surface area contributed by atoms with Crippen LogP contribution in [0.15, 0.2) is 18.2 Å². The first-order valence-corrected chi connectivity index (χ1v) is 4.14. The van der Waals surface area contributed by atoms with Crippen molar-refractivity contribution in [2.24, 2.45) is 0 Å². The van der Waals surface area contributed by atoms with E-state index in [2.05, 4.69) is 12.2 Å². The third-order valence-electron chi connectivity index (χ3n) is 2.34. The van der Waals surface area contributed by atoms with Crippen molar-refractivity contribution in [3.05, 3.63) is 29.3 Å².